The zero-order valence-electron chi connectivity index (χ0n) is 14.1. The summed E-state index contributed by atoms with van der Waals surface area (Å²) in [5.74, 6) is -0.468. The first kappa shape index (κ1) is 18.0. The minimum atomic E-state index is -4.68. The highest BCUT2D eigenvalue weighted by Gasteiger charge is 2.36. The van der Waals surface area contributed by atoms with E-state index >= 15 is 0 Å². The summed E-state index contributed by atoms with van der Waals surface area (Å²) in [5, 5.41) is 6.48. The maximum absolute atomic E-state index is 13.2. The summed E-state index contributed by atoms with van der Waals surface area (Å²) in [6, 6.07) is 0.515. The number of hydrogen-bond acceptors (Lipinski definition) is 3. The average Bonchev–Trinajstić information content (AvgIpc) is 2.64. The minimum absolute atomic E-state index is 0.0311. The summed E-state index contributed by atoms with van der Waals surface area (Å²) in [4.78, 5) is 24.3. The third kappa shape index (κ3) is 3.44. The summed E-state index contributed by atoms with van der Waals surface area (Å²) in [5.41, 5.74) is -2.35. The molecule has 0 bridgehead atoms. The fourth-order valence-electron chi connectivity index (χ4n) is 2.63. The molecule has 24 heavy (non-hydrogen) atoms. The molecule has 0 unspecified atom stereocenters. The Kier molecular flexibility index (Phi) is 4.24. The van der Waals surface area contributed by atoms with Crippen molar-refractivity contribution in [1.29, 1.82) is 0 Å². The molecule has 1 amide bonds. The molecule has 0 aliphatic carbocycles. The van der Waals surface area contributed by atoms with E-state index < -0.39 is 28.7 Å². The van der Waals surface area contributed by atoms with Crippen LogP contribution in [0.1, 0.15) is 32.0 Å². The smallest absolute Gasteiger partial charge is 0.350 e. The Morgan fingerprint density at radius 2 is 1.88 bits per heavy atom. The zero-order valence-corrected chi connectivity index (χ0v) is 14.1. The van der Waals surface area contributed by atoms with Crippen molar-refractivity contribution < 1.29 is 18.0 Å². The van der Waals surface area contributed by atoms with Crippen LogP contribution in [0, 0.1) is 6.92 Å². The highest BCUT2D eigenvalue weighted by atomic mass is 19.4. The molecule has 132 valence electrons. The summed E-state index contributed by atoms with van der Waals surface area (Å²) in [7, 11) is 1.44. The van der Waals surface area contributed by atoms with Gasteiger partial charge in [-0.3, -0.25) is 18.8 Å². The van der Waals surface area contributed by atoms with Gasteiger partial charge in [-0.25, -0.2) is 0 Å². The van der Waals surface area contributed by atoms with Gasteiger partial charge in [-0.05, 0) is 27.7 Å². The molecule has 0 spiro atoms. The number of carbonyl (C=O) groups is 1. The maximum Gasteiger partial charge on any atom is 0.417 e. The van der Waals surface area contributed by atoms with Gasteiger partial charge < -0.3 is 5.32 Å². The van der Waals surface area contributed by atoms with E-state index in [0.29, 0.717) is 6.07 Å². The lowest BCUT2D eigenvalue weighted by Crippen LogP contribution is -2.43. The number of rotatable bonds is 2. The molecule has 0 saturated carbocycles. The third-order valence-corrected chi connectivity index (χ3v) is 3.37. The molecule has 0 radical (unpaired) electrons. The van der Waals surface area contributed by atoms with Crippen LogP contribution in [0.3, 0.4) is 0 Å². The van der Waals surface area contributed by atoms with Crippen molar-refractivity contribution in [3.05, 3.63) is 27.7 Å². The van der Waals surface area contributed by atoms with E-state index in [1.54, 1.807) is 20.8 Å². The van der Waals surface area contributed by atoms with Crippen LogP contribution in [0.5, 0.6) is 0 Å². The van der Waals surface area contributed by atoms with Crippen molar-refractivity contribution in [3.63, 3.8) is 0 Å². The number of pyridine rings is 1. The topological polar surface area (TPSA) is 68.9 Å². The van der Waals surface area contributed by atoms with Crippen molar-refractivity contribution in [2.24, 2.45) is 7.05 Å². The zero-order chi connectivity index (χ0) is 18.4. The Labute approximate surface area is 136 Å². The molecule has 0 atom stereocenters. The van der Waals surface area contributed by atoms with Crippen LogP contribution in [0.25, 0.3) is 11.0 Å². The van der Waals surface area contributed by atoms with Gasteiger partial charge in [0, 0.05) is 18.7 Å². The lowest BCUT2D eigenvalue weighted by atomic mass is 10.1. The number of amides is 1. The van der Waals surface area contributed by atoms with E-state index in [-0.39, 0.29) is 23.3 Å². The van der Waals surface area contributed by atoms with Gasteiger partial charge in [-0.1, -0.05) is 0 Å². The molecule has 9 heteroatoms. The second kappa shape index (κ2) is 5.64. The lowest BCUT2D eigenvalue weighted by molar-refractivity contribution is -0.136. The van der Waals surface area contributed by atoms with Crippen LogP contribution in [0.15, 0.2) is 10.9 Å². The molecular weight excluding hydrogens is 325 g/mol. The Morgan fingerprint density at radius 3 is 2.38 bits per heavy atom. The standard InChI is InChI=1S/C15H19F3N4O2/c1-8-12-9(15(16,17)18)6-11(24)22(13(12)21(5)20-8)7-10(23)19-14(2,3)4/h6H,7H2,1-5H3,(H,19,23). The first-order valence-corrected chi connectivity index (χ1v) is 7.26. The van der Waals surface area contributed by atoms with Crippen molar-refractivity contribution in [2.75, 3.05) is 0 Å². The molecular formula is C15H19F3N4O2. The van der Waals surface area contributed by atoms with Gasteiger partial charge in [0.1, 0.15) is 12.2 Å². The number of nitrogens with zero attached hydrogens (tertiary/aromatic N) is 3. The van der Waals surface area contributed by atoms with Gasteiger partial charge in [0.05, 0.1) is 16.6 Å². The van der Waals surface area contributed by atoms with Crippen molar-refractivity contribution >= 4 is 16.9 Å². The second-order valence-corrected chi connectivity index (χ2v) is 6.69. The predicted molar refractivity (Wildman–Crippen MR) is 82.6 cm³/mol. The number of fused-ring (bicyclic) bond motifs is 1. The molecule has 1 N–H and O–H groups in total. The van der Waals surface area contributed by atoms with Gasteiger partial charge in [-0.2, -0.15) is 18.3 Å². The Morgan fingerprint density at radius 1 is 1.29 bits per heavy atom. The highest BCUT2D eigenvalue weighted by Crippen LogP contribution is 2.35. The Bertz CT molecular complexity index is 857. The molecule has 2 heterocycles. The molecule has 0 aromatic carbocycles. The molecule has 0 aliphatic heterocycles. The first-order chi connectivity index (χ1) is 10.8. The van der Waals surface area contributed by atoms with Crippen LogP contribution in [-0.2, 0) is 24.6 Å². The fraction of sp³-hybridized carbons (Fsp3) is 0.533. The number of halogens is 3. The molecule has 2 aromatic heterocycles. The predicted octanol–water partition coefficient (Wildman–Crippen LogP) is 1.98. The lowest BCUT2D eigenvalue weighted by Gasteiger charge is -2.21. The van der Waals surface area contributed by atoms with Crippen molar-refractivity contribution in [3.8, 4) is 0 Å². The molecule has 0 fully saturated rings. The van der Waals surface area contributed by atoms with Gasteiger partial charge in [-0.15, -0.1) is 0 Å². The van der Waals surface area contributed by atoms with Gasteiger partial charge >= 0.3 is 6.18 Å². The third-order valence-electron chi connectivity index (χ3n) is 3.37. The SMILES string of the molecule is Cc1nn(C)c2c1c(C(F)(F)F)cc(=O)n2CC(=O)NC(C)(C)C. The monoisotopic (exact) mass is 344 g/mol. The normalized spacial score (nSPS) is 12.7. The second-order valence-electron chi connectivity index (χ2n) is 6.69. The largest absolute Gasteiger partial charge is 0.417 e. The van der Waals surface area contributed by atoms with Crippen LogP contribution in [0.2, 0.25) is 0 Å². The number of nitrogens with one attached hydrogen (secondary N) is 1. The number of carbonyl (C=O) groups excluding carboxylic acids is 1. The highest BCUT2D eigenvalue weighted by molar-refractivity contribution is 5.85. The minimum Gasteiger partial charge on any atom is -0.350 e. The fourth-order valence-corrected chi connectivity index (χ4v) is 2.63. The molecule has 2 aromatic rings. The summed E-state index contributed by atoms with van der Waals surface area (Å²) < 4.78 is 41.9. The van der Waals surface area contributed by atoms with E-state index in [0.717, 1.165) is 4.57 Å². The maximum atomic E-state index is 13.2. The molecule has 6 nitrogen and oxygen atoms in total. The Balaban J connectivity index is 2.67. The van der Waals surface area contributed by atoms with E-state index in [4.69, 9.17) is 0 Å². The van der Waals surface area contributed by atoms with Crippen LogP contribution in [-0.4, -0.2) is 25.8 Å². The average molecular weight is 344 g/mol. The summed E-state index contributed by atoms with van der Waals surface area (Å²) >= 11 is 0. The van der Waals surface area contributed by atoms with Gasteiger partial charge in [0.25, 0.3) is 5.56 Å². The van der Waals surface area contributed by atoms with Crippen molar-refractivity contribution in [2.45, 2.75) is 46.0 Å². The molecule has 0 aliphatic rings. The van der Waals surface area contributed by atoms with E-state index in [2.05, 4.69) is 10.4 Å². The number of hydrogen-bond donors (Lipinski definition) is 1. The summed E-state index contributed by atoms with van der Waals surface area (Å²) in [6.07, 6.45) is -4.68. The van der Waals surface area contributed by atoms with Gasteiger partial charge in [0.15, 0.2) is 0 Å². The first-order valence-electron chi connectivity index (χ1n) is 7.26. The Hall–Kier alpha value is -2.32. The number of aryl methyl sites for hydroxylation is 2. The molecule has 0 saturated heterocycles. The quantitative estimate of drug-likeness (QED) is 0.906. The van der Waals surface area contributed by atoms with Crippen LogP contribution < -0.4 is 10.9 Å². The van der Waals surface area contributed by atoms with E-state index in [1.807, 2.05) is 0 Å². The summed E-state index contributed by atoms with van der Waals surface area (Å²) in [6.45, 7) is 6.35. The number of aromatic nitrogens is 3. The van der Waals surface area contributed by atoms with Gasteiger partial charge in [0.2, 0.25) is 5.91 Å². The van der Waals surface area contributed by atoms with Crippen molar-refractivity contribution in [1.82, 2.24) is 19.7 Å². The molecule has 2 rings (SSSR count). The van der Waals surface area contributed by atoms with E-state index in [1.165, 1.54) is 18.7 Å². The number of alkyl halides is 3. The van der Waals surface area contributed by atoms with Crippen LogP contribution >= 0.6 is 0 Å². The van der Waals surface area contributed by atoms with Crippen LogP contribution in [0.4, 0.5) is 13.2 Å². The van der Waals surface area contributed by atoms with E-state index in [9.17, 15) is 22.8 Å².